The van der Waals surface area contributed by atoms with Gasteiger partial charge < -0.3 is 10.6 Å². The molecule has 4 N–H and O–H groups in total. The lowest BCUT2D eigenvalue weighted by Crippen LogP contribution is -2.26. The Balaban J connectivity index is 1.85. The van der Waals surface area contributed by atoms with Crippen molar-refractivity contribution in [3.63, 3.8) is 0 Å². The van der Waals surface area contributed by atoms with Gasteiger partial charge in [-0.15, -0.1) is 0 Å². The summed E-state index contributed by atoms with van der Waals surface area (Å²) in [6.45, 7) is 0. The van der Waals surface area contributed by atoms with Crippen LogP contribution in [0.4, 0.5) is 21.6 Å². The number of hydrogen-bond donors (Lipinski definition) is 3. The SMILES string of the molecule is CN(c1cccc(-c2ccc(F)cc2)c1)c1nc(=N)n(C=N)c2cc(N)ccc12. The van der Waals surface area contributed by atoms with Gasteiger partial charge >= 0.3 is 0 Å². The molecule has 0 aliphatic heterocycles. The summed E-state index contributed by atoms with van der Waals surface area (Å²) in [6.07, 6.45) is 1.05. The molecule has 0 atom stereocenters. The van der Waals surface area contributed by atoms with Crippen molar-refractivity contribution in [2.45, 2.75) is 0 Å². The molecule has 29 heavy (non-hydrogen) atoms. The van der Waals surface area contributed by atoms with Crippen LogP contribution in [0.1, 0.15) is 0 Å². The van der Waals surface area contributed by atoms with Crippen molar-refractivity contribution in [3.8, 4) is 11.1 Å². The first-order valence-corrected chi connectivity index (χ1v) is 8.94. The van der Waals surface area contributed by atoms with Gasteiger partial charge in [-0.1, -0.05) is 24.3 Å². The van der Waals surface area contributed by atoms with Gasteiger partial charge in [0.25, 0.3) is 0 Å². The minimum absolute atomic E-state index is 0.0605. The molecule has 1 heterocycles. The number of benzene rings is 3. The van der Waals surface area contributed by atoms with Crippen LogP contribution in [0, 0.1) is 16.6 Å². The quantitative estimate of drug-likeness (QED) is 0.280. The highest BCUT2D eigenvalue weighted by Crippen LogP contribution is 2.31. The van der Waals surface area contributed by atoms with Gasteiger partial charge in [0.15, 0.2) is 0 Å². The Morgan fingerprint density at radius 3 is 2.52 bits per heavy atom. The largest absolute Gasteiger partial charge is 0.399 e. The third-order valence-corrected chi connectivity index (χ3v) is 4.82. The van der Waals surface area contributed by atoms with Gasteiger partial charge in [0.2, 0.25) is 5.62 Å². The second-order valence-electron chi connectivity index (χ2n) is 6.65. The van der Waals surface area contributed by atoms with Crippen LogP contribution in [0.3, 0.4) is 0 Å². The van der Waals surface area contributed by atoms with E-state index in [2.05, 4.69) is 4.98 Å². The average molecular weight is 386 g/mol. The average Bonchev–Trinajstić information content (AvgIpc) is 2.73. The summed E-state index contributed by atoms with van der Waals surface area (Å²) in [5.41, 5.74) is 9.76. The fourth-order valence-electron chi connectivity index (χ4n) is 3.31. The highest BCUT2D eigenvalue weighted by molar-refractivity contribution is 5.95. The molecule has 0 radical (unpaired) electrons. The maximum Gasteiger partial charge on any atom is 0.229 e. The Hall–Kier alpha value is -4.00. The molecule has 0 amide bonds. The minimum Gasteiger partial charge on any atom is -0.399 e. The van der Waals surface area contributed by atoms with Crippen LogP contribution in [0.2, 0.25) is 0 Å². The Bertz CT molecular complexity index is 1280. The first-order valence-electron chi connectivity index (χ1n) is 8.94. The molecule has 3 aromatic carbocycles. The van der Waals surface area contributed by atoms with Crippen LogP contribution in [0.5, 0.6) is 0 Å². The summed E-state index contributed by atoms with van der Waals surface area (Å²) in [5.74, 6) is 0.308. The number of nitrogen functional groups attached to an aromatic ring is 1. The lowest BCUT2D eigenvalue weighted by Gasteiger charge is -2.22. The topological polar surface area (TPSA) is 94.8 Å². The van der Waals surface area contributed by atoms with E-state index in [9.17, 15) is 4.39 Å². The highest BCUT2D eigenvalue weighted by Gasteiger charge is 2.14. The summed E-state index contributed by atoms with van der Waals surface area (Å²) in [4.78, 5) is 6.29. The lowest BCUT2D eigenvalue weighted by molar-refractivity contribution is 0.628. The monoisotopic (exact) mass is 386 g/mol. The molecule has 0 saturated heterocycles. The maximum absolute atomic E-state index is 13.2. The predicted octanol–water partition coefficient (Wildman–Crippen LogP) is 4.13. The van der Waals surface area contributed by atoms with E-state index in [1.165, 1.54) is 16.7 Å². The summed E-state index contributed by atoms with van der Waals surface area (Å²) in [6, 6.07) is 19.5. The molecule has 0 aliphatic carbocycles. The molecule has 6 nitrogen and oxygen atoms in total. The predicted molar refractivity (Wildman–Crippen MR) is 114 cm³/mol. The second kappa shape index (κ2) is 7.20. The number of anilines is 3. The smallest absolute Gasteiger partial charge is 0.229 e. The maximum atomic E-state index is 13.2. The third-order valence-electron chi connectivity index (χ3n) is 4.82. The van der Waals surface area contributed by atoms with Gasteiger partial charge in [-0.05, 0) is 53.6 Å². The van der Waals surface area contributed by atoms with Crippen molar-refractivity contribution in [2.24, 2.45) is 0 Å². The molecule has 7 heteroatoms. The van der Waals surface area contributed by atoms with E-state index < -0.39 is 0 Å². The van der Waals surface area contributed by atoms with Gasteiger partial charge in [-0.2, -0.15) is 4.98 Å². The number of fused-ring (bicyclic) bond motifs is 1. The number of nitrogens with zero attached hydrogens (tertiary/aromatic N) is 3. The number of rotatable bonds is 4. The van der Waals surface area contributed by atoms with Crippen molar-refractivity contribution in [2.75, 3.05) is 17.7 Å². The number of halogens is 1. The lowest BCUT2D eigenvalue weighted by atomic mass is 10.0. The molecule has 0 unspecified atom stereocenters. The summed E-state index contributed by atoms with van der Waals surface area (Å²) in [7, 11) is 1.87. The standard InChI is InChI=1S/C22H19FN6/c1-28(18-4-2-3-15(11-18)14-5-7-16(23)8-6-14)21-19-10-9-17(25)12-20(19)29(13-24)22(26)27-21/h2-13,24,26H,25H2,1H3. The summed E-state index contributed by atoms with van der Waals surface area (Å²) >= 11 is 0. The number of nitrogens with one attached hydrogen (secondary N) is 2. The van der Waals surface area contributed by atoms with E-state index >= 15 is 0 Å². The third kappa shape index (κ3) is 3.34. The van der Waals surface area contributed by atoms with E-state index in [0.29, 0.717) is 17.0 Å². The minimum atomic E-state index is -0.274. The first-order chi connectivity index (χ1) is 14.0. The number of hydrogen-bond acceptors (Lipinski definition) is 5. The number of aromatic nitrogens is 2. The van der Waals surface area contributed by atoms with Crippen molar-refractivity contribution in [1.29, 1.82) is 10.8 Å². The Kier molecular flexibility index (Phi) is 4.56. The van der Waals surface area contributed by atoms with Crippen LogP contribution >= 0.6 is 0 Å². The van der Waals surface area contributed by atoms with E-state index in [0.717, 1.165) is 28.5 Å². The van der Waals surface area contributed by atoms with Crippen LogP contribution < -0.4 is 16.3 Å². The van der Waals surface area contributed by atoms with Crippen LogP contribution in [-0.4, -0.2) is 22.9 Å². The second-order valence-corrected chi connectivity index (χ2v) is 6.65. The van der Waals surface area contributed by atoms with E-state index in [-0.39, 0.29) is 11.4 Å². The summed E-state index contributed by atoms with van der Waals surface area (Å²) in [5, 5.41) is 16.6. The zero-order chi connectivity index (χ0) is 20.5. The van der Waals surface area contributed by atoms with E-state index in [1.54, 1.807) is 24.3 Å². The first kappa shape index (κ1) is 18.4. The molecule has 0 saturated carbocycles. The zero-order valence-corrected chi connectivity index (χ0v) is 15.7. The van der Waals surface area contributed by atoms with E-state index in [1.807, 2.05) is 42.3 Å². The van der Waals surface area contributed by atoms with Crippen LogP contribution in [0.15, 0.2) is 66.7 Å². The van der Waals surface area contributed by atoms with Gasteiger partial charge in [0, 0.05) is 23.8 Å². The van der Waals surface area contributed by atoms with Crippen molar-refractivity contribution < 1.29 is 4.39 Å². The Morgan fingerprint density at radius 2 is 1.79 bits per heavy atom. The van der Waals surface area contributed by atoms with Gasteiger partial charge in [-0.25, -0.2) is 4.39 Å². The normalized spacial score (nSPS) is 10.8. The Morgan fingerprint density at radius 1 is 1.03 bits per heavy atom. The Labute approximate surface area is 166 Å². The van der Waals surface area contributed by atoms with Crippen molar-refractivity contribution in [1.82, 2.24) is 9.55 Å². The van der Waals surface area contributed by atoms with E-state index in [4.69, 9.17) is 16.6 Å². The molecule has 144 valence electrons. The van der Waals surface area contributed by atoms with Crippen LogP contribution in [0.25, 0.3) is 22.0 Å². The highest BCUT2D eigenvalue weighted by atomic mass is 19.1. The van der Waals surface area contributed by atoms with Crippen LogP contribution in [-0.2, 0) is 0 Å². The van der Waals surface area contributed by atoms with Gasteiger partial charge in [-0.3, -0.25) is 15.4 Å². The molecular formula is C22H19FN6. The molecule has 0 fully saturated rings. The molecule has 4 aromatic rings. The van der Waals surface area contributed by atoms with Gasteiger partial charge in [0.1, 0.15) is 11.6 Å². The summed E-state index contributed by atoms with van der Waals surface area (Å²) < 4.78 is 14.6. The fourth-order valence-corrected chi connectivity index (χ4v) is 3.31. The fraction of sp³-hybridized carbons (Fsp3) is 0.0455. The molecule has 4 rings (SSSR count). The van der Waals surface area contributed by atoms with Gasteiger partial charge in [0.05, 0.1) is 11.9 Å². The molecule has 1 aromatic heterocycles. The molecule has 0 bridgehead atoms. The number of nitrogens with two attached hydrogens (primary N) is 1. The molecular weight excluding hydrogens is 367 g/mol. The molecule has 0 spiro atoms. The molecule has 0 aliphatic rings. The van der Waals surface area contributed by atoms with Crippen molar-refractivity contribution in [3.05, 3.63) is 78.2 Å². The van der Waals surface area contributed by atoms with Crippen molar-refractivity contribution >= 4 is 34.4 Å². The zero-order valence-electron chi connectivity index (χ0n) is 15.7.